The van der Waals surface area contributed by atoms with Crippen LogP contribution in [0.4, 0.5) is 0 Å². The molecule has 0 saturated heterocycles. The first-order valence-electron chi connectivity index (χ1n) is 7.81. The lowest BCUT2D eigenvalue weighted by molar-refractivity contribution is 0.417. The minimum atomic E-state index is 0.512. The standard InChI is InChI=1S/C19H18N4O/c1-12-6-19-22-21-11-23(19)17-8-16(18(24-2)9-15(12)17)14-5-3-4-13(7-14)10-20/h3-9,11H,10,20H2,1-2H3. The van der Waals surface area contributed by atoms with Crippen LogP contribution in [0.25, 0.3) is 27.7 Å². The van der Waals surface area contributed by atoms with Gasteiger partial charge in [0.25, 0.3) is 0 Å². The highest BCUT2D eigenvalue weighted by molar-refractivity contribution is 5.92. The van der Waals surface area contributed by atoms with E-state index >= 15 is 0 Å². The average molecular weight is 318 g/mol. The van der Waals surface area contributed by atoms with E-state index in [0.717, 1.165) is 44.6 Å². The number of aromatic nitrogens is 3. The molecule has 24 heavy (non-hydrogen) atoms. The summed E-state index contributed by atoms with van der Waals surface area (Å²) in [7, 11) is 1.70. The molecule has 0 aliphatic heterocycles. The molecular formula is C19H18N4O. The summed E-state index contributed by atoms with van der Waals surface area (Å²) >= 11 is 0. The molecule has 5 nitrogen and oxygen atoms in total. The normalized spacial score (nSPS) is 11.3. The summed E-state index contributed by atoms with van der Waals surface area (Å²) in [6, 6.07) is 14.5. The Balaban J connectivity index is 2.07. The third-order valence-corrected chi connectivity index (χ3v) is 4.40. The maximum absolute atomic E-state index is 5.79. The largest absolute Gasteiger partial charge is 0.496 e. The first-order chi connectivity index (χ1) is 11.7. The van der Waals surface area contributed by atoms with E-state index in [9.17, 15) is 0 Å². The van der Waals surface area contributed by atoms with E-state index in [-0.39, 0.29) is 0 Å². The van der Waals surface area contributed by atoms with Gasteiger partial charge < -0.3 is 10.5 Å². The molecule has 2 aromatic heterocycles. The fourth-order valence-electron chi connectivity index (χ4n) is 3.14. The average Bonchev–Trinajstić information content (AvgIpc) is 3.09. The predicted octanol–water partition coefficient (Wildman–Crippen LogP) is 3.33. The third-order valence-electron chi connectivity index (χ3n) is 4.40. The Kier molecular flexibility index (Phi) is 3.43. The third kappa shape index (κ3) is 2.21. The molecule has 4 rings (SSSR count). The van der Waals surface area contributed by atoms with Gasteiger partial charge in [-0.25, -0.2) is 0 Å². The zero-order valence-electron chi connectivity index (χ0n) is 13.7. The summed E-state index contributed by atoms with van der Waals surface area (Å²) < 4.78 is 7.66. The van der Waals surface area contributed by atoms with Crippen LogP contribution in [0.1, 0.15) is 11.1 Å². The Morgan fingerprint density at radius 1 is 1.17 bits per heavy atom. The van der Waals surface area contributed by atoms with Gasteiger partial charge >= 0.3 is 0 Å². The van der Waals surface area contributed by atoms with Crippen molar-refractivity contribution >= 4 is 16.6 Å². The number of nitrogens with zero attached hydrogens (tertiary/aromatic N) is 3. The number of aryl methyl sites for hydroxylation is 1. The van der Waals surface area contributed by atoms with Crippen molar-refractivity contribution in [3.63, 3.8) is 0 Å². The van der Waals surface area contributed by atoms with Crippen LogP contribution in [0.15, 0.2) is 48.8 Å². The van der Waals surface area contributed by atoms with E-state index in [0.29, 0.717) is 6.54 Å². The van der Waals surface area contributed by atoms with Gasteiger partial charge in [-0.05, 0) is 47.9 Å². The fourth-order valence-corrected chi connectivity index (χ4v) is 3.14. The van der Waals surface area contributed by atoms with Crippen LogP contribution < -0.4 is 10.5 Å². The van der Waals surface area contributed by atoms with Crippen LogP contribution in [0, 0.1) is 6.92 Å². The maximum atomic E-state index is 5.79. The Labute approximate surface area is 139 Å². The smallest absolute Gasteiger partial charge is 0.161 e. The van der Waals surface area contributed by atoms with Gasteiger partial charge in [0, 0.05) is 17.5 Å². The summed E-state index contributed by atoms with van der Waals surface area (Å²) in [6.07, 6.45) is 1.74. The number of pyridine rings is 1. The molecular weight excluding hydrogens is 300 g/mol. The Bertz CT molecular complexity index is 1050. The zero-order valence-corrected chi connectivity index (χ0v) is 13.7. The van der Waals surface area contributed by atoms with Crippen LogP contribution in [0.5, 0.6) is 5.75 Å². The first kappa shape index (κ1) is 14.7. The second kappa shape index (κ2) is 5.62. The molecule has 0 aliphatic rings. The molecule has 0 aliphatic carbocycles. The Morgan fingerprint density at radius 3 is 2.83 bits per heavy atom. The second-order valence-electron chi connectivity index (χ2n) is 5.86. The number of fused-ring (bicyclic) bond motifs is 3. The molecule has 120 valence electrons. The molecule has 0 unspecified atom stereocenters. The number of nitrogens with two attached hydrogens (primary N) is 1. The van der Waals surface area contributed by atoms with Gasteiger partial charge in [-0.1, -0.05) is 18.2 Å². The topological polar surface area (TPSA) is 65.4 Å². The molecule has 0 atom stereocenters. The van der Waals surface area contributed by atoms with Crippen molar-refractivity contribution in [2.24, 2.45) is 5.73 Å². The van der Waals surface area contributed by atoms with Crippen molar-refractivity contribution in [2.75, 3.05) is 7.11 Å². The summed E-state index contributed by atoms with van der Waals surface area (Å²) in [6.45, 7) is 2.59. The van der Waals surface area contributed by atoms with Gasteiger partial charge in [0.2, 0.25) is 0 Å². The molecule has 2 heterocycles. The van der Waals surface area contributed by atoms with Crippen molar-refractivity contribution < 1.29 is 4.74 Å². The first-order valence-corrected chi connectivity index (χ1v) is 7.81. The number of rotatable bonds is 3. The lowest BCUT2D eigenvalue weighted by Crippen LogP contribution is -1.97. The van der Waals surface area contributed by atoms with Crippen molar-refractivity contribution in [1.82, 2.24) is 14.6 Å². The van der Waals surface area contributed by atoms with Gasteiger partial charge in [-0.3, -0.25) is 4.40 Å². The number of ether oxygens (including phenoxy) is 1. The highest BCUT2D eigenvalue weighted by Gasteiger charge is 2.13. The highest BCUT2D eigenvalue weighted by atomic mass is 16.5. The molecule has 2 aromatic carbocycles. The summed E-state index contributed by atoms with van der Waals surface area (Å²) in [5, 5.41) is 9.32. The monoisotopic (exact) mass is 318 g/mol. The molecule has 0 saturated carbocycles. The lowest BCUT2D eigenvalue weighted by atomic mass is 9.99. The SMILES string of the molecule is COc1cc2c(C)cc3nncn3c2cc1-c1cccc(CN)c1. The van der Waals surface area contributed by atoms with Crippen LogP contribution in [0.3, 0.4) is 0 Å². The van der Waals surface area contributed by atoms with Crippen LogP contribution in [0.2, 0.25) is 0 Å². The quantitative estimate of drug-likeness (QED) is 0.629. The van der Waals surface area contributed by atoms with Gasteiger partial charge in [0.15, 0.2) is 5.65 Å². The van der Waals surface area contributed by atoms with E-state index in [2.05, 4.69) is 41.4 Å². The number of hydrogen-bond donors (Lipinski definition) is 1. The van der Waals surface area contributed by atoms with Crippen LogP contribution >= 0.6 is 0 Å². The van der Waals surface area contributed by atoms with Gasteiger partial charge in [-0.15, -0.1) is 10.2 Å². The van der Waals surface area contributed by atoms with E-state index in [1.807, 2.05) is 22.6 Å². The molecule has 5 heteroatoms. The molecule has 0 fully saturated rings. The summed E-state index contributed by atoms with van der Waals surface area (Å²) in [5.41, 5.74) is 12.0. The number of methoxy groups -OCH3 is 1. The summed E-state index contributed by atoms with van der Waals surface area (Å²) in [4.78, 5) is 0. The number of hydrogen-bond acceptors (Lipinski definition) is 4. The van der Waals surface area contributed by atoms with Crippen molar-refractivity contribution in [2.45, 2.75) is 13.5 Å². The number of benzene rings is 2. The fraction of sp³-hybridized carbons (Fsp3) is 0.158. The van der Waals surface area contributed by atoms with E-state index in [4.69, 9.17) is 10.5 Å². The highest BCUT2D eigenvalue weighted by Crippen LogP contribution is 2.35. The molecule has 0 bridgehead atoms. The van der Waals surface area contributed by atoms with Crippen LogP contribution in [-0.2, 0) is 6.54 Å². The van der Waals surface area contributed by atoms with Gasteiger partial charge in [0.05, 0.1) is 12.6 Å². The van der Waals surface area contributed by atoms with Gasteiger partial charge in [-0.2, -0.15) is 0 Å². The molecule has 0 amide bonds. The van der Waals surface area contributed by atoms with Crippen LogP contribution in [-0.4, -0.2) is 21.7 Å². The summed E-state index contributed by atoms with van der Waals surface area (Å²) in [5.74, 6) is 0.840. The van der Waals surface area contributed by atoms with Crippen molar-refractivity contribution in [3.05, 3.63) is 59.9 Å². The molecule has 2 N–H and O–H groups in total. The predicted molar refractivity (Wildman–Crippen MR) is 95.1 cm³/mol. The minimum Gasteiger partial charge on any atom is -0.496 e. The van der Waals surface area contributed by atoms with Crippen molar-refractivity contribution in [1.29, 1.82) is 0 Å². The molecule has 0 spiro atoms. The Morgan fingerprint density at radius 2 is 2.04 bits per heavy atom. The molecule has 0 radical (unpaired) electrons. The van der Waals surface area contributed by atoms with E-state index in [1.54, 1.807) is 13.4 Å². The van der Waals surface area contributed by atoms with Crippen molar-refractivity contribution in [3.8, 4) is 16.9 Å². The van der Waals surface area contributed by atoms with E-state index < -0.39 is 0 Å². The van der Waals surface area contributed by atoms with E-state index in [1.165, 1.54) is 0 Å². The minimum absolute atomic E-state index is 0.512. The zero-order chi connectivity index (χ0) is 16.7. The molecule has 4 aromatic rings. The Hall–Kier alpha value is -2.92. The lowest BCUT2D eigenvalue weighted by Gasteiger charge is -2.14. The maximum Gasteiger partial charge on any atom is 0.161 e. The second-order valence-corrected chi connectivity index (χ2v) is 5.86. The van der Waals surface area contributed by atoms with Gasteiger partial charge in [0.1, 0.15) is 12.1 Å².